The zero-order valence-electron chi connectivity index (χ0n) is 4.77. The van der Waals surface area contributed by atoms with Gasteiger partial charge in [-0.25, -0.2) is 0 Å². The van der Waals surface area contributed by atoms with Crippen molar-refractivity contribution in [2.24, 2.45) is 0 Å². The summed E-state index contributed by atoms with van der Waals surface area (Å²) >= 11 is 1.67. The Morgan fingerprint density at radius 3 is 2.43 bits per heavy atom. The molecular formula is C6H10S. The summed E-state index contributed by atoms with van der Waals surface area (Å²) in [7, 11) is 0. The largest absolute Gasteiger partial charge is 0.130 e. The minimum absolute atomic E-state index is 1.11. The Labute approximate surface area is 49.3 Å². The molecule has 0 fully saturated rings. The zero-order valence-corrected chi connectivity index (χ0v) is 5.59. The molecule has 0 saturated heterocycles. The summed E-state index contributed by atoms with van der Waals surface area (Å²) in [5.41, 5.74) is 0. The molecule has 0 bridgehead atoms. The Hall–Kier alpha value is -0.170. The maximum absolute atomic E-state index is 3.74. The van der Waals surface area contributed by atoms with Gasteiger partial charge in [-0.15, -0.1) is 11.8 Å². The van der Waals surface area contributed by atoms with Crippen LogP contribution in [0.15, 0.2) is 23.6 Å². The van der Waals surface area contributed by atoms with E-state index >= 15 is 0 Å². The van der Waals surface area contributed by atoms with Crippen LogP contribution in [-0.2, 0) is 0 Å². The molecule has 0 N–H and O–H groups in total. The first-order valence-corrected chi connectivity index (χ1v) is 3.39. The summed E-state index contributed by atoms with van der Waals surface area (Å²) in [5.74, 6) is 0. The van der Waals surface area contributed by atoms with E-state index < -0.39 is 0 Å². The molecule has 0 aliphatic heterocycles. The third-order valence-corrected chi connectivity index (χ3v) is 1.28. The molecule has 0 aliphatic rings. The Morgan fingerprint density at radius 1 is 1.71 bits per heavy atom. The molecule has 0 unspecified atom stereocenters. The van der Waals surface area contributed by atoms with Crippen molar-refractivity contribution in [3.8, 4) is 0 Å². The SMILES string of the molecule is C=C(/C=C\C)SC. The summed E-state index contributed by atoms with van der Waals surface area (Å²) < 4.78 is 0. The summed E-state index contributed by atoms with van der Waals surface area (Å²) in [6.07, 6.45) is 5.99. The fraction of sp³-hybridized carbons (Fsp3) is 0.333. The normalized spacial score (nSPS) is 10.0. The summed E-state index contributed by atoms with van der Waals surface area (Å²) in [6.45, 7) is 5.73. The summed E-state index contributed by atoms with van der Waals surface area (Å²) in [4.78, 5) is 1.11. The predicted octanol–water partition coefficient (Wildman–Crippen LogP) is 2.44. The first-order valence-electron chi connectivity index (χ1n) is 2.17. The molecule has 7 heavy (non-hydrogen) atoms. The number of hydrogen-bond donors (Lipinski definition) is 0. The minimum atomic E-state index is 1.11. The molecule has 0 saturated carbocycles. The second-order valence-electron chi connectivity index (χ2n) is 1.17. The van der Waals surface area contributed by atoms with E-state index in [0.29, 0.717) is 0 Å². The highest BCUT2D eigenvalue weighted by molar-refractivity contribution is 8.02. The van der Waals surface area contributed by atoms with E-state index in [1.54, 1.807) is 11.8 Å². The molecule has 0 nitrogen and oxygen atoms in total. The molecule has 0 heterocycles. The first-order chi connectivity index (χ1) is 3.31. The van der Waals surface area contributed by atoms with Crippen LogP contribution in [0.4, 0.5) is 0 Å². The van der Waals surface area contributed by atoms with Crippen molar-refractivity contribution in [3.05, 3.63) is 23.6 Å². The lowest BCUT2D eigenvalue weighted by molar-refractivity contribution is 1.73. The van der Waals surface area contributed by atoms with E-state index in [-0.39, 0.29) is 0 Å². The maximum atomic E-state index is 3.74. The summed E-state index contributed by atoms with van der Waals surface area (Å²) in [6, 6.07) is 0. The fourth-order valence-corrected chi connectivity index (χ4v) is 0.526. The minimum Gasteiger partial charge on any atom is -0.130 e. The van der Waals surface area contributed by atoms with Crippen molar-refractivity contribution in [2.75, 3.05) is 6.26 Å². The molecule has 0 spiro atoms. The standard InChI is InChI=1S/C6H10S/c1-4-5-6(2)7-3/h4-5H,2H2,1,3H3/b5-4-. The van der Waals surface area contributed by atoms with Gasteiger partial charge in [0.15, 0.2) is 0 Å². The number of rotatable bonds is 2. The Morgan fingerprint density at radius 2 is 2.29 bits per heavy atom. The molecule has 0 amide bonds. The topological polar surface area (TPSA) is 0 Å². The van der Waals surface area contributed by atoms with Crippen LogP contribution in [0.25, 0.3) is 0 Å². The quantitative estimate of drug-likeness (QED) is 0.497. The van der Waals surface area contributed by atoms with Crippen molar-refractivity contribution in [2.45, 2.75) is 6.92 Å². The molecule has 40 valence electrons. The van der Waals surface area contributed by atoms with Gasteiger partial charge in [-0.1, -0.05) is 18.7 Å². The molecule has 1 heteroatoms. The van der Waals surface area contributed by atoms with Gasteiger partial charge in [0.25, 0.3) is 0 Å². The van der Waals surface area contributed by atoms with Crippen LogP contribution in [0.2, 0.25) is 0 Å². The molecule has 0 rings (SSSR count). The zero-order chi connectivity index (χ0) is 5.70. The van der Waals surface area contributed by atoms with Gasteiger partial charge in [-0.2, -0.15) is 0 Å². The van der Waals surface area contributed by atoms with Gasteiger partial charge in [0.2, 0.25) is 0 Å². The monoisotopic (exact) mass is 114 g/mol. The van der Waals surface area contributed by atoms with Crippen LogP contribution < -0.4 is 0 Å². The van der Waals surface area contributed by atoms with Gasteiger partial charge in [0.05, 0.1) is 0 Å². The van der Waals surface area contributed by atoms with Gasteiger partial charge in [-0.3, -0.25) is 0 Å². The van der Waals surface area contributed by atoms with E-state index in [9.17, 15) is 0 Å². The number of thioether (sulfide) groups is 1. The van der Waals surface area contributed by atoms with E-state index in [1.807, 2.05) is 25.3 Å². The van der Waals surface area contributed by atoms with Crippen LogP contribution in [-0.4, -0.2) is 6.26 Å². The second-order valence-corrected chi connectivity index (χ2v) is 2.10. The fourth-order valence-electron chi connectivity index (χ4n) is 0.254. The summed E-state index contributed by atoms with van der Waals surface area (Å²) in [5, 5.41) is 0. The van der Waals surface area contributed by atoms with Crippen LogP contribution in [0, 0.1) is 0 Å². The molecule has 0 aromatic carbocycles. The van der Waals surface area contributed by atoms with Crippen molar-refractivity contribution in [1.29, 1.82) is 0 Å². The van der Waals surface area contributed by atoms with Crippen molar-refractivity contribution >= 4 is 11.8 Å². The molecule has 0 aliphatic carbocycles. The predicted molar refractivity (Wildman–Crippen MR) is 37.5 cm³/mol. The Bertz CT molecular complexity index is 82.2. The van der Waals surface area contributed by atoms with Gasteiger partial charge in [0, 0.05) is 0 Å². The van der Waals surface area contributed by atoms with Crippen LogP contribution in [0.3, 0.4) is 0 Å². The lowest BCUT2D eigenvalue weighted by Crippen LogP contribution is -1.57. The molecule has 0 radical (unpaired) electrons. The number of hydrogen-bond acceptors (Lipinski definition) is 1. The average molecular weight is 114 g/mol. The van der Waals surface area contributed by atoms with E-state index in [0.717, 1.165) is 4.91 Å². The molecular weight excluding hydrogens is 104 g/mol. The number of allylic oxidation sites excluding steroid dienone is 2. The molecule has 0 aromatic rings. The Kier molecular flexibility index (Phi) is 3.90. The first kappa shape index (κ1) is 6.83. The highest BCUT2D eigenvalue weighted by Crippen LogP contribution is 2.07. The van der Waals surface area contributed by atoms with Gasteiger partial charge < -0.3 is 0 Å². The highest BCUT2D eigenvalue weighted by atomic mass is 32.2. The van der Waals surface area contributed by atoms with Crippen molar-refractivity contribution < 1.29 is 0 Å². The van der Waals surface area contributed by atoms with Crippen molar-refractivity contribution in [3.63, 3.8) is 0 Å². The third-order valence-electron chi connectivity index (χ3n) is 0.615. The molecule has 0 atom stereocenters. The average Bonchev–Trinajstić information content (AvgIpc) is 1.68. The van der Waals surface area contributed by atoms with Gasteiger partial charge in [-0.05, 0) is 18.1 Å². The smallest absolute Gasteiger partial charge is 0.000613 e. The van der Waals surface area contributed by atoms with Crippen molar-refractivity contribution in [1.82, 2.24) is 0 Å². The van der Waals surface area contributed by atoms with Gasteiger partial charge in [0.1, 0.15) is 0 Å². The highest BCUT2D eigenvalue weighted by Gasteiger charge is 1.75. The van der Waals surface area contributed by atoms with E-state index in [4.69, 9.17) is 0 Å². The second kappa shape index (κ2) is 4.00. The maximum Gasteiger partial charge on any atom is -0.000613 e. The lowest BCUT2D eigenvalue weighted by Gasteiger charge is -1.85. The van der Waals surface area contributed by atoms with Crippen LogP contribution >= 0.6 is 11.8 Å². The lowest BCUT2D eigenvalue weighted by atomic mass is 10.5. The van der Waals surface area contributed by atoms with Crippen LogP contribution in [0.5, 0.6) is 0 Å². The van der Waals surface area contributed by atoms with Crippen LogP contribution in [0.1, 0.15) is 6.92 Å². The van der Waals surface area contributed by atoms with Gasteiger partial charge >= 0.3 is 0 Å². The van der Waals surface area contributed by atoms with E-state index in [1.165, 1.54) is 0 Å². The molecule has 0 aromatic heterocycles. The third kappa shape index (κ3) is 3.67. The Balaban J connectivity index is 3.37. The van der Waals surface area contributed by atoms with E-state index in [2.05, 4.69) is 6.58 Å².